The molecule has 1 unspecified atom stereocenters. The minimum atomic E-state index is -1.11. The normalized spacial score (nSPS) is 16.8. The third kappa shape index (κ3) is 9.42. The number of carbonyl (C=O) groups is 2. The van der Waals surface area contributed by atoms with Crippen molar-refractivity contribution in [2.24, 2.45) is 11.5 Å². The lowest BCUT2D eigenvalue weighted by atomic mass is 10.2. The molecule has 1 atom stereocenters. The second kappa shape index (κ2) is 9.11. The van der Waals surface area contributed by atoms with Crippen molar-refractivity contribution in [3.8, 4) is 0 Å². The second-order valence-electron chi connectivity index (χ2n) is 3.76. The number of hydrogen-bond donors (Lipinski definition) is 4. The van der Waals surface area contributed by atoms with Gasteiger partial charge in [-0.3, -0.25) is 9.59 Å². The number of nitrogens with two attached hydrogens (primary N) is 2. The van der Waals surface area contributed by atoms with Gasteiger partial charge in [0.2, 0.25) is 5.91 Å². The molecule has 0 radical (unpaired) electrons. The number of aliphatic carboxylic acids is 1. The van der Waals surface area contributed by atoms with Crippen LogP contribution in [-0.2, 0) is 9.59 Å². The lowest BCUT2D eigenvalue weighted by Gasteiger charge is -2.08. The summed E-state index contributed by atoms with van der Waals surface area (Å²) in [5, 5.41) is 11.5. The Bertz CT molecular complexity index is 206. The van der Waals surface area contributed by atoms with Gasteiger partial charge < -0.3 is 21.9 Å². The molecule has 0 aromatic heterocycles. The van der Waals surface area contributed by atoms with Crippen LogP contribution < -0.4 is 16.8 Å². The molecule has 94 valence electrons. The summed E-state index contributed by atoms with van der Waals surface area (Å²) in [5.74, 6) is -1.64. The van der Waals surface area contributed by atoms with Crippen LogP contribution in [0.15, 0.2) is 0 Å². The molecule has 0 spiro atoms. The maximum absolute atomic E-state index is 10.1. The molecule has 1 saturated heterocycles. The van der Waals surface area contributed by atoms with Crippen LogP contribution in [0.25, 0.3) is 0 Å². The van der Waals surface area contributed by atoms with Gasteiger partial charge in [0.1, 0.15) is 6.04 Å². The van der Waals surface area contributed by atoms with Crippen molar-refractivity contribution >= 4 is 11.9 Å². The largest absolute Gasteiger partial charge is 0.480 e. The molecule has 1 amide bonds. The first-order valence-corrected chi connectivity index (χ1v) is 5.51. The number of nitrogens with one attached hydrogen (secondary N) is 1. The van der Waals surface area contributed by atoms with Crippen LogP contribution in [0.5, 0.6) is 0 Å². The third-order valence-corrected chi connectivity index (χ3v) is 2.23. The van der Waals surface area contributed by atoms with Gasteiger partial charge in [0.25, 0.3) is 0 Å². The molecular weight excluding hydrogens is 210 g/mol. The van der Waals surface area contributed by atoms with E-state index in [1.54, 1.807) is 0 Å². The fourth-order valence-electron chi connectivity index (χ4n) is 1.22. The van der Waals surface area contributed by atoms with Crippen molar-refractivity contribution in [2.45, 2.75) is 38.1 Å². The Morgan fingerprint density at radius 2 is 1.81 bits per heavy atom. The van der Waals surface area contributed by atoms with Crippen LogP contribution in [-0.4, -0.2) is 36.1 Å². The van der Waals surface area contributed by atoms with Gasteiger partial charge in [-0.25, -0.2) is 0 Å². The molecule has 6 N–H and O–H groups in total. The van der Waals surface area contributed by atoms with E-state index in [9.17, 15) is 9.59 Å². The second-order valence-corrected chi connectivity index (χ2v) is 3.76. The number of carbonyl (C=O) groups excluding carboxylic acids is 1. The van der Waals surface area contributed by atoms with Gasteiger partial charge in [0, 0.05) is 6.42 Å². The summed E-state index contributed by atoms with van der Waals surface area (Å²) in [6, 6.07) is -0.979. The first-order chi connectivity index (χ1) is 7.54. The molecule has 1 rings (SSSR count). The van der Waals surface area contributed by atoms with Gasteiger partial charge in [-0.15, -0.1) is 0 Å². The Hall–Kier alpha value is -1.14. The number of primary amides is 1. The van der Waals surface area contributed by atoms with Gasteiger partial charge in [-0.2, -0.15) is 0 Å². The van der Waals surface area contributed by atoms with Crippen LogP contribution in [0.1, 0.15) is 32.1 Å². The van der Waals surface area contributed by atoms with Crippen molar-refractivity contribution in [2.75, 3.05) is 13.1 Å². The molecular formula is C10H21N3O3. The van der Waals surface area contributed by atoms with E-state index in [0.717, 1.165) is 0 Å². The molecule has 1 aliphatic rings. The lowest BCUT2D eigenvalue weighted by molar-refractivity contribution is -0.138. The standard InChI is InChI=1S/C5H10N2O3.C5H11N/c6-3(5(9)10)1-2-4(7)8;1-2-4-6-5-3-1/h3H,1-2,6H2,(H2,7,8)(H,9,10);6H,1-5H2. The van der Waals surface area contributed by atoms with Crippen LogP contribution in [0.4, 0.5) is 0 Å². The average molecular weight is 231 g/mol. The predicted octanol–water partition coefficient (Wildman–Crippen LogP) is -0.576. The predicted molar refractivity (Wildman–Crippen MR) is 60.8 cm³/mol. The van der Waals surface area contributed by atoms with Gasteiger partial charge in [-0.1, -0.05) is 6.42 Å². The average Bonchev–Trinajstić information content (AvgIpc) is 2.28. The maximum Gasteiger partial charge on any atom is 0.320 e. The van der Waals surface area contributed by atoms with Crippen molar-refractivity contribution in [3.05, 3.63) is 0 Å². The summed E-state index contributed by atoms with van der Waals surface area (Å²) >= 11 is 0. The van der Waals surface area contributed by atoms with Gasteiger partial charge in [-0.05, 0) is 32.4 Å². The Labute approximate surface area is 95.4 Å². The van der Waals surface area contributed by atoms with Crippen molar-refractivity contribution in [1.29, 1.82) is 0 Å². The van der Waals surface area contributed by atoms with Crippen LogP contribution in [0.3, 0.4) is 0 Å². The summed E-state index contributed by atoms with van der Waals surface area (Å²) in [6.07, 6.45) is 4.34. The first kappa shape index (κ1) is 14.9. The summed E-state index contributed by atoms with van der Waals surface area (Å²) < 4.78 is 0. The third-order valence-electron chi connectivity index (χ3n) is 2.23. The minimum Gasteiger partial charge on any atom is -0.480 e. The molecule has 1 aliphatic heterocycles. The molecule has 1 fully saturated rings. The topological polar surface area (TPSA) is 118 Å². The van der Waals surface area contributed by atoms with Crippen molar-refractivity contribution in [3.63, 3.8) is 0 Å². The molecule has 0 aliphatic carbocycles. The molecule has 6 heteroatoms. The van der Waals surface area contributed by atoms with E-state index in [4.69, 9.17) is 16.6 Å². The van der Waals surface area contributed by atoms with E-state index >= 15 is 0 Å². The highest BCUT2D eigenvalue weighted by molar-refractivity contribution is 5.76. The highest BCUT2D eigenvalue weighted by Gasteiger charge is 2.11. The van der Waals surface area contributed by atoms with E-state index in [2.05, 4.69) is 5.32 Å². The summed E-state index contributed by atoms with van der Waals surface area (Å²) in [6.45, 7) is 2.50. The number of carboxylic acid groups (broad SMARTS) is 1. The minimum absolute atomic E-state index is 0.0213. The number of carboxylic acids is 1. The van der Waals surface area contributed by atoms with E-state index in [0.29, 0.717) is 0 Å². The van der Waals surface area contributed by atoms with Crippen molar-refractivity contribution in [1.82, 2.24) is 5.32 Å². The number of piperidine rings is 1. The van der Waals surface area contributed by atoms with Gasteiger partial charge >= 0.3 is 5.97 Å². The Morgan fingerprint density at radius 3 is 2.06 bits per heavy atom. The zero-order valence-electron chi connectivity index (χ0n) is 9.45. The Kier molecular flexibility index (Phi) is 8.46. The summed E-state index contributed by atoms with van der Waals surface area (Å²) in [7, 11) is 0. The molecule has 6 nitrogen and oxygen atoms in total. The van der Waals surface area contributed by atoms with E-state index < -0.39 is 17.9 Å². The molecule has 0 aromatic carbocycles. The first-order valence-electron chi connectivity index (χ1n) is 5.51. The number of rotatable bonds is 4. The lowest BCUT2D eigenvalue weighted by Crippen LogP contribution is -2.31. The molecule has 0 bridgehead atoms. The highest BCUT2D eigenvalue weighted by Crippen LogP contribution is 1.96. The Morgan fingerprint density at radius 1 is 1.25 bits per heavy atom. The van der Waals surface area contributed by atoms with E-state index in [-0.39, 0.29) is 12.8 Å². The van der Waals surface area contributed by atoms with Gasteiger partial charge in [0.15, 0.2) is 0 Å². The van der Waals surface area contributed by atoms with Crippen LogP contribution in [0, 0.1) is 0 Å². The van der Waals surface area contributed by atoms with E-state index in [1.165, 1.54) is 32.4 Å². The summed E-state index contributed by atoms with van der Waals surface area (Å²) in [4.78, 5) is 20.1. The number of amides is 1. The van der Waals surface area contributed by atoms with Crippen molar-refractivity contribution < 1.29 is 14.7 Å². The zero-order valence-corrected chi connectivity index (χ0v) is 9.45. The number of hydrogen-bond acceptors (Lipinski definition) is 4. The maximum atomic E-state index is 10.1. The fourth-order valence-corrected chi connectivity index (χ4v) is 1.22. The molecule has 1 heterocycles. The van der Waals surface area contributed by atoms with Crippen LogP contribution >= 0.6 is 0 Å². The fraction of sp³-hybridized carbons (Fsp3) is 0.800. The summed E-state index contributed by atoms with van der Waals surface area (Å²) in [5.41, 5.74) is 9.81. The molecule has 0 saturated carbocycles. The smallest absolute Gasteiger partial charge is 0.320 e. The van der Waals surface area contributed by atoms with Crippen LogP contribution in [0.2, 0.25) is 0 Å². The highest BCUT2D eigenvalue weighted by atomic mass is 16.4. The monoisotopic (exact) mass is 231 g/mol. The molecule has 0 aromatic rings. The Balaban J connectivity index is 0.000000315. The molecule has 16 heavy (non-hydrogen) atoms. The zero-order chi connectivity index (χ0) is 12.4. The quantitative estimate of drug-likeness (QED) is 0.516. The SMILES string of the molecule is C1CCNCC1.NC(=O)CCC(N)C(=O)O. The van der Waals surface area contributed by atoms with Gasteiger partial charge in [0.05, 0.1) is 0 Å². The van der Waals surface area contributed by atoms with E-state index in [1.807, 2.05) is 0 Å².